The van der Waals surface area contributed by atoms with Gasteiger partial charge in [0.1, 0.15) is 5.69 Å². The van der Waals surface area contributed by atoms with Crippen LogP contribution in [-0.4, -0.2) is 64.9 Å². The van der Waals surface area contributed by atoms with E-state index in [1.165, 1.54) is 5.69 Å². The van der Waals surface area contributed by atoms with Gasteiger partial charge in [-0.25, -0.2) is 19.6 Å². The smallest absolute Gasteiger partial charge is 0.328 e. The second-order valence-electron chi connectivity index (χ2n) is 8.46. The van der Waals surface area contributed by atoms with Gasteiger partial charge in [-0.2, -0.15) is 0 Å². The molecule has 1 aliphatic rings. The molecule has 2 heterocycles. The molecule has 2 N–H and O–H groups in total. The molecule has 2 aromatic carbocycles. The summed E-state index contributed by atoms with van der Waals surface area (Å²) in [5.41, 5.74) is 6.55. The number of carbonyl (C=O) groups is 2. The summed E-state index contributed by atoms with van der Waals surface area (Å²) in [6.45, 7) is 4.04. The zero-order valence-electron chi connectivity index (χ0n) is 20.6. The zero-order chi connectivity index (χ0) is 26.1. The molecule has 8 heteroatoms. The monoisotopic (exact) mass is 486 g/mol. The lowest BCUT2D eigenvalue weighted by atomic mass is 10.00. The van der Waals surface area contributed by atoms with Crippen LogP contribution in [0.25, 0.3) is 0 Å². The number of hydrogen-bond acceptors (Lipinski definition) is 6. The maximum absolute atomic E-state index is 9.55. The Balaban J connectivity index is 0.000000392. The van der Waals surface area contributed by atoms with Crippen LogP contribution in [0.2, 0.25) is 0 Å². The fourth-order valence-corrected chi connectivity index (χ4v) is 3.80. The molecule has 0 fully saturated rings. The second kappa shape index (κ2) is 12.4. The van der Waals surface area contributed by atoms with E-state index in [4.69, 9.17) is 20.2 Å². The number of pyridine rings is 1. The van der Waals surface area contributed by atoms with Crippen molar-refractivity contribution >= 4 is 34.8 Å². The van der Waals surface area contributed by atoms with Gasteiger partial charge < -0.3 is 20.0 Å². The molecule has 0 saturated heterocycles. The molecule has 0 amide bonds. The summed E-state index contributed by atoms with van der Waals surface area (Å²) in [6, 6.07) is 21.0. The molecule has 4 rings (SSSR count). The Bertz CT molecular complexity index is 1250. The molecular weight excluding hydrogens is 456 g/mol. The molecule has 0 spiro atoms. The van der Waals surface area contributed by atoms with Gasteiger partial charge in [0.2, 0.25) is 0 Å². The number of aliphatic carboxylic acids is 2. The predicted octanol–water partition coefficient (Wildman–Crippen LogP) is 4.67. The highest BCUT2D eigenvalue weighted by molar-refractivity contribution is 6.18. The Hall–Kier alpha value is -4.30. The van der Waals surface area contributed by atoms with E-state index in [2.05, 4.69) is 79.3 Å². The molecule has 3 aromatic rings. The molecule has 0 radical (unpaired) electrons. The number of hydrogen-bond donors (Lipinski definition) is 2. The second-order valence-corrected chi connectivity index (χ2v) is 8.46. The SMILES string of the molecule is Cc1ccnc2c1N=C(c1ccccc1)c1ccccc1N2CCCN(C)C.O=C(O)C=CC(=O)O. The van der Waals surface area contributed by atoms with Gasteiger partial charge in [-0.15, -0.1) is 0 Å². The molecule has 0 unspecified atom stereocenters. The van der Waals surface area contributed by atoms with Crippen LogP contribution >= 0.6 is 0 Å². The highest BCUT2D eigenvalue weighted by atomic mass is 16.4. The van der Waals surface area contributed by atoms with Crippen molar-refractivity contribution in [3.05, 3.63) is 95.7 Å². The van der Waals surface area contributed by atoms with Gasteiger partial charge >= 0.3 is 11.9 Å². The number of benzene rings is 2. The standard InChI is InChI=1S/C24H26N4.C4H4O4/c1-18-14-15-25-24-22(18)26-23(19-10-5-4-6-11-19)20-12-7-8-13-21(20)28(24)17-9-16-27(2)3;5-3(6)1-2-4(7)8/h4-8,10-15H,9,16-17H2,1-3H3;1-2H,(H,5,6)(H,7,8). The summed E-state index contributed by atoms with van der Waals surface area (Å²) in [4.78, 5) is 33.6. The number of para-hydroxylation sites is 1. The summed E-state index contributed by atoms with van der Waals surface area (Å²) in [6.07, 6.45) is 4.06. The number of carboxylic acid groups (broad SMARTS) is 2. The van der Waals surface area contributed by atoms with Gasteiger partial charge in [0, 0.05) is 36.0 Å². The maximum atomic E-state index is 9.55. The average Bonchev–Trinajstić information content (AvgIpc) is 2.99. The van der Waals surface area contributed by atoms with Crippen LogP contribution in [0.4, 0.5) is 17.2 Å². The van der Waals surface area contributed by atoms with Gasteiger partial charge in [-0.3, -0.25) is 0 Å². The number of anilines is 2. The van der Waals surface area contributed by atoms with E-state index < -0.39 is 11.9 Å². The molecular formula is C28H30N4O4. The van der Waals surface area contributed by atoms with E-state index in [9.17, 15) is 9.59 Å². The van der Waals surface area contributed by atoms with Crippen LogP contribution in [-0.2, 0) is 9.59 Å². The van der Waals surface area contributed by atoms with Crippen LogP contribution in [0.5, 0.6) is 0 Å². The number of rotatable bonds is 7. The first kappa shape index (κ1) is 26.3. The average molecular weight is 487 g/mol. The predicted molar refractivity (Wildman–Crippen MR) is 142 cm³/mol. The third-order valence-electron chi connectivity index (χ3n) is 5.44. The maximum Gasteiger partial charge on any atom is 0.328 e. The molecule has 1 aliphatic heterocycles. The Morgan fingerprint density at radius 3 is 2.22 bits per heavy atom. The first-order valence-corrected chi connectivity index (χ1v) is 11.5. The van der Waals surface area contributed by atoms with Crippen molar-refractivity contribution in [1.82, 2.24) is 9.88 Å². The molecule has 186 valence electrons. The Labute approximate surface area is 210 Å². The number of aromatic nitrogens is 1. The minimum absolute atomic E-state index is 0.558. The van der Waals surface area contributed by atoms with E-state index in [-0.39, 0.29) is 0 Å². The number of aryl methyl sites for hydroxylation is 1. The molecule has 0 bridgehead atoms. The van der Waals surface area contributed by atoms with E-state index in [1.54, 1.807) is 0 Å². The van der Waals surface area contributed by atoms with Crippen molar-refractivity contribution in [3.63, 3.8) is 0 Å². The minimum atomic E-state index is -1.26. The highest BCUT2D eigenvalue weighted by Crippen LogP contribution is 2.40. The summed E-state index contributed by atoms with van der Waals surface area (Å²) in [5.74, 6) is -1.57. The lowest BCUT2D eigenvalue weighted by Gasteiger charge is -2.26. The largest absolute Gasteiger partial charge is 0.478 e. The number of nitrogens with zero attached hydrogens (tertiary/aromatic N) is 4. The van der Waals surface area contributed by atoms with Crippen molar-refractivity contribution in [2.75, 3.05) is 32.1 Å². The summed E-state index contributed by atoms with van der Waals surface area (Å²) >= 11 is 0. The van der Waals surface area contributed by atoms with E-state index in [0.29, 0.717) is 12.2 Å². The number of fused-ring (bicyclic) bond motifs is 2. The summed E-state index contributed by atoms with van der Waals surface area (Å²) in [7, 11) is 4.23. The third-order valence-corrected chi connectivity index (χ3v) is 5.44. The van der Waals surface area contributed by atoms with Crippen molar-refractivity contribution in [2.24, 2.45) is 4.99 Å². The molecule has 1 aromatic heterocycles. The fraction of sp³-hybridized carbons (Fsp3) is 0.214. The fourth-order valence-electron chi connectivity index (χ4n) is 3.80. The van der Waals surface area contributed by atoms with Gasteiger partial charge in [0.05, 0.1) is 11.4 Å². The van der Waals surface area contributed by atoms with Crippen LogP contribution in [0.15, 0.2) is 84.0 Å². The zero-order valence-corrected chi connectivity index (χ0v) is 20.6. The van der Waals surface area contributed by atoms with Crippen LogP contribution in [0.3, 0.4) is 0 Å². The van der Waals surface area contributed by atoms with Crippen molar-refractivity contribution in [2.45, 2.75) is 13.3 Å². The first-order chi connectivity index (χ1) is 17.3. The summed E-state index contributed by atoms with van der Waals surface area (Å²) in [5, 5.41) is 15.6. The van der Waals surface area contributed by atoms with Crippen molar-refractivity contribution in [3.8, 4) is 0 Å². The van der Waals surface area contributed by atoms with Crippen LogP contribution in [0, 0.1) is 6.92 Å². The van der Waals surface area contributed by atoms with Gasteiger partial charge in [-0.05, 0) is 51.7 Å². The van der Waals surface area contributed by atoms with Crippen LogP contribution < -0.4 is 4.90 Å². The third kappa shape index (κ3) is 6.86. The lowest BCUT2D eigenvalue weighted by Crippen LogP contribution is -2.24. The minimum Gasteiger partial charge on any atom is -0.478 e. The molecule has 8 nitrogen and oxygen atoms in total. The molecule has 0 aliphatic carbocycles. The van der Waals surface area contributed by atoms with Gasteiger partial charge in [0.25, 0.3) is 0 Å². The normalized spacial score (nSPS) is 12.2. The van der Waals surface area contributed by atoms with E-state index in [1.807, 2.05) is 18.3 Å². The number of carboxylic acids is 2. The first-order valence-electron chi connectivity index (χ1n) is 11.5. The van der Waals surface area contributed by atoms with E-state index in [0.717, 1.165) is 53.4 Å². The summed E-state index contributed by atoms with van der Waals surface area (Å²) < 4.78 is 0. The lowest BCUT2D eigenvalue weighted by molar-refractivity contribution is -0.134. The highest BCUT2D eigenvalue weighted by Gasteiger charge is 2.25. The molecule has 36 heavy (non-hydrogen) atoms. The van der Waals surface area contributed by atoms with Crippen molar-refractivity contribution < 1.29 is 19.8 Å². The Kier molecular flexibility index (Phi) is 9.07. The Morgan fingerprint density at radius 2 is 1.58 bits per heavy atom. The van der Waals surface area contributed by atoms with Crippen molar-refractivity contribution in [1.29, 1.82) is 0 Å². The Morgan fingerprint density at radius 1 is 0.944 bits per heavy atom. The molecule has 0 atom stereocenters. The van der Waals surface area contributed by atoms with Gasteiger partial charge in [-0.1, -0.05) is 48.5 Å². The topological polar surface area (TPSA) is 106 Å². The van der Waals surface area contributed by atoms with Crippen LogP contribution in [0.1, 0.15) is 23.1 Å². The van der Waals surface area contributed by atoms with Gasteiger partial charge in [0.15, 0.2) is 5.82 Å². The van der Waals surface area contributed by atoms with E-state index >= 15 is 0 Å². The number of aliphatic imine (C=N–C) groups is 1. The quantitative estimate of drug-likeness (QED) is 0.467. The molecule has 0 saturated carbocycles.